The number of benzene rings is 2. The molecule has 5 rings (SSSR count). The van der Waals surface area contributed by atoms with Gasteiger partial charge in [-0.25, -0.2) is 4.79 Å². The number of ether oxygens (including phenoxy) is 3. The molecule has 1 saturated carbocycles. The molecule has 0 radical (unpaired) electrons. The van der Waals surface area contributed by atoms with Crippen LogP contribution in [0.4, 0.5) is 11.4 Å². The van der Waals surface area contributed by atoms with E-state index in [-0.39, 0.29) is 29.2 Å². The first kappa shape index (κ1) is 30.4. The van der Waals surface area contributed by atoms with E-state index in [0.29, 0.717) is 28.8 Å². The van der Waals surface area contributed by atoms with Gasteiger partial charge in [-0.05, 0) is 62.2 Å². The summed E-state index contributed by atoms with van der Waals surface area (Å²) in [6, 6.07) is 15.6. The number of methoxy groups -OCH3 is 1. The number of nitrogens with zero attached hydrogens (tertiary/aromatic N) is 2. The first-order chi connectivity index (χ1) is 20.3. The van der Waals surface area contributed by atoms with Crippen molar-refractivity contribution in [1.29, 1.82) is 0 Å². The lowest BCUT2D eigenvalue weighted by Gasteiger charge is -2.49. The van der Waals surface area contributed by atoms with Gasteiger partial charge >= 0.3 is 5.63 Å². The second-order valence-corrected chi connectivity index (χ2v) is 16.1. The van der Waals surface area contributed by atoms with Crippen LogP contribution < -0.4 is 10.4 Å². The van der Waals surface area contributed by atoms with Gasteiger partial charge in [-0.15, -0.1) is 5.11 Å². The van der Waals surface area contributed by atoms with Gasteiger partial charge in [0.25, 0.3) is 0 Å². The Morgan fingerprint density at radius 3 is 2.36 bits per heavy atom. The van der Waals surface area contributed by atoms with E-state index >= 15 is 0 Å². The number of rotatable bonds is 10. The molecule has 3 unspecified atom stereocenters. The maximum Gasteiger partial charge on any atom is 0.368 e. The van der Waals surface area contributed by atoms with Crippen molar-refractivity contribution in [3.63, 3.8) is 0 Å². The molecule has 10 heteroatoms. The molecular formula is C32H42N2O7Si. The van der Waals surface area contributed by atoms with Crippen LogP contribution in [0.1, 0.15) is 58.4 Å². The van der Waals surface area contributed by atoms with Crippen molar-refractivity contribution < 1.29 is 28.2 Å². The third-order valence-electron chi connectivity index (χ3n) is 9.19. The highest BCUT2D eigenvalue weighted by atomic mass is 28.4. The van der Waals surface area contributed by atoms with Crippen molar-refractivity contribution in [2.24, 2.45) is 10.2 Å². The van der Waals surface area contributed by atoms with Crippen molar-refractivity contribution in [2.75, 3.05) is 7.11 Å². The Bertz CT molecular complexity index is 1460. The summed E-state index contributed by atoms with van der Waals surface area (Å²) in [6.07, 6.45) is 3.59. The molecule has 2 aromatic carbocycles. The third-order valence-corrected chi connectivity index (χ3v) is 13.9. The Kier molecular flexibility index (Phi) is 9.17. The van der Waals surface area contributed by atoms with Crippen LogP contribution in [0.15, 0.2) is 61.9 Å². The summed E-state index contributed by atoms with van der Waals surface area (Å²) in [5.74, 6) is 0.229. The van der Waals surface area contributed by atoms with Crippen molar-refractivity contribution in [3.8, 4) is 11.5 Å². The molecule has 3 atom stereocenters. The lowest BCUT2D eigenvalue weighted by atomic mass is 9.86. The minimum Gasteiger partial charge on any atom is -0.505 e. The molecule has 0 bridgehead atoms. The molecule has 3 aromatic rings. The van der Waals surface area contributed by atoms with Gasteiger partial charge in [0.15, 0.2) is 14.1 Å². The van der Waals surface area contributed by atoms with Gasteiger partial charge in [0.2, 0.25) is 12.0 Å². The maximum atomic E-state index is 12.9. The fraction of sp³-hybridized carbons (Fsp3) is 0.531. The van der Waals surface area contributed by atoms with E-state index in [1.807, 2.05) is 18.2 Å². The Hall–Kier alpha value is -3.05. The summed E-state index contributed by atoms with van der Waals surface area (Å²) in [7, 11) is -0.173. The molecule has 42 heavy (non-hydrogen) atoms. The fourth-order valence-electron chi connectivity index (χ4n) is 6.59. The highest BCUT2D eigenvalue weighted by Gasteiger charge is 2.54. The fourth-order valence-corrected chi connectivity index (χ4v) is 9.45. The van der Waals surface area contributed by atoms with Crippen LogP contribution in [0.2, 0.25) is 18.1 Å². The predicted octanol–water partition coefficient (Wildman–Crippen LogP) is 8.07. The number of hydrogen-bond acceptors (Lipinski definition) is 9. The number of aromatic hydroxyl groups is 1. The highest BCUT2D eigenvalue weighted by Crippen LogP contribution is 2.46. The highest BCUT2D eigenvalue weighted by molar-refractivity contribution is 6.73. The Labute approximate surface area is 248 Å². The zero-order valence-electron chi connectivity index (χ0n) is 25.2. The van der Waals surface area contributed by atoms with Gasteiger partial charge in [-0.2, -0.15) is 5.11 Å². The molecule has 2 heterocycles. The molecule has 1 spiro atoms. The summed E-state index contributed by atoms with van der Waals surface area (Å²) in [4.78, 5) is 12.9. The quantitative estimate of drug-likeness (QED) is 0.143. The second-order valence-electron chi connectivity index (χ2n) is 11.4. The van der Waals surface area contributed by atoms with E-state index in [1.54, 1.807) is 38.3 Å². The predicted molar refractivity (Wildman–Crippen MR) is 164 cm³/mol. The van der Waals surface area contributed by atoms with E-state index in [4.69, 9.17) is 23.1 Å². The number of aryl methyl sites for hydroxylation is 1. The van der Waals surface area contributed by atoms with Crippen LogP contribution in [0.3, 0.4) is 0 Å². The standard InChI is InChI=1S/C32H42N2O7Si/c1-6-42(7-2,8-3)41-25-20-26(40-32(30(25)37-5)18-12-13-19-32)38-24-17-16-23-28(35)27(31(36)39-29(23)21(24)4)34-33-22-14-10-9-11-15-22/h9-11,14-17,25-26,30,35H,6-8,12-13,18-20H2,1-5H3. The van der Waals surface area contributed by atoms with Crippen LogP contribution in [0.5, 0.6) is 11.5 Å². The molecule has 1 aliphatic carbocycles. The zero-order chi connectivity index (χ0) is 29.9. The van der Waals surface area contributed by atoms with Gasteiger partial charge in [0.1, 0.15) is 23.0 Å². The molecular weight excluding hydrogens is 552 g/mol. The summed E-state index contributed by atoms with van der Waals surface area (Å²) < 4.78 is 32.0. The van der Waals surface area contributed by atoms with E-state index < -0.39 is 25.8 Å². The largest absolute Gasteiger partial charge is 0.505 e. The SMILES string of the molecule is CC[Si](CC)(CC)OC1CC(Oc2ccc3c(O)c(N=Nc4ccccc4)c(=O)oc3c2C)OC2(CCCC2)C1OC. The summed E-state index contributed by atoms with van der Waals surface area (Å²) >= 11 is 0. The van der Waals surface area contributed by atoms with Crippen molar-refractivity contribution >= 4 is 30.7 Å². The summed E-state index contributed by atoms with van der Waals surface area (Å²) in [5, 5.41) is 19.3. The van der Waals surface area contributed by atoms with Crippen LogP contribution in [-0.4, -0.2) is 44.6 Å². The van der Waals surface area contributed by atoms with Gasteiger partial charge < -0.3 is 28.2 Å². The third kappa shape index (κ3) is 5.77. The molecule has 1 saturated heterocycles. The minimum absolute atomic E-state index is 0.140. The molecule has 1 N–H and O–H groups in total. The van der Waals surface area contributed by atoms with Gasteiger partial charge in [0, 0.05) is 19.1 Å². The Morgan fingerprint density at radius 2 is 1.71 bits per heavy atom. The molecule has 9 nitrogen and oxygen atoms in total. The molecule has 2 fully saturated rings. The lowest BCUT2D eigenvalue weighted by Crippen LogP contribution is -2.61. The van der Waals surface area contributed by atoms with Crippen LogP contribution in [0.25, 0.3) is 11.0 Å². The van der Waals surface area contributed by atoms with Crippen LogP contribution in [-0.2, 0) is 13.9 Å². The Balaban J connectivity index is 1.45. The Morgan fingerprint density at radius 1 is 1.02 bits per heavy atom. The molecule has 1 aliphatic heterocycles. The topological polar surface area (TPSA) is 112 Å². The van der Waals surface area contributed by atoms with Crippen molar-refractivity contribution in [2.45, 2.75) is 102 Å². The average molecular weight is 595 g/mol. The number of hydrogen-bond donors (Lipinski definition) is 1. The van der Waals surface area contributed by atoms with Gasteiger partial charge in [-0.1, -0.05) is 51.8 Å². The second kappa shape index (κ2) is 12.7. The van der Waals surface area contributed by atoms with E-state index in [1.165, 1.54) is 0 Å². The first-order valence-electron chi connectivity index (χ1n) is 15.1. The molecule has 2 aliphatic rings. The zero-order valence-corrected chi connectivity index (χ0v) is 26.2. The van der Waals surface area contributed by atoms with E-state index in [9.17, 15) is 9.90 Å². The van der Waals surface area contributed by atoms with E-state index in [2.05, 4.69) is 31.0 Å². The van der Waals surface area contributed by atoms with Crippen molar-refractivity contribution in [3.05, 3.63) is 58.4 Å². The molecule has 0 amide bonds. The smallest absolute Gasteiger partial charge is 0.368 e. The summed E-state index contributed by atoms with van der Waals surface area (Å²) in [5.41, 5.74) is -0.127. The number of azo groups is 1. The van der Waals surface area contributed by atoms with Crippen LogP contribution in [0, 0.1) is 6.92 Å². The normalized spacial score (nSPS) is 22.4. The van der Waals surface area contributed by atoms with Gasteiger partial charge in [0.05, 0.1) is 17.2 Å². The average Bonchev–Trinajstić information content (AvgIpc) is 3.46. The summed E-state index contributed by atoms with van der Waals surface area (Å²) in [6.45, 7) is 8.50. The minimum atomic E-state index is -1.93. The molecule has 1 aromatic heterocycles. The van der Waals surface area contributed by atoms with E-state index in [0.717, 1.165) is 43.8 Å². The monoisotopic (exact) mass is 594 g/mol. The van der Waals surface area contributed by atoms with Crippen molar-refractivity contribution in [1.82, 2.24) is 0 Å². The lowest BCUT2D eigenvalue weighted by molar-refractivity contribution is -0.272. The van der Waals surface area contributed by atoms with Gasteiger partial charge in [-0.3, -0.25) is 0 Å². The maximum absolute atomic E-state index is 12.9. The van der Waals surface area contributed by atoms with Crippen LogP contribution >= 0.6 is 0 Å². The first-order valence-corrected chi connectivity index (χ1v) is 17.6. The molecule has 226 valence electrons. The number of fused-ring (bicyclic) bond motifs is 1.